The van der Waals surface area contributed by atoms with Crippen LogP contribution in [-0.4, -0.2) is 33.0 Å². The highest BCUT2D eigenvalue weighted by Gasteiger charge is 2.16. The summed E-state index contributed by atoms with van der Waals surface area (Å²) in [5, 5.41) is 8.69. The van der Waals surface area contributed by atoms with Gasteiger partial charge < -0.3 is 0 Å². The molecule has 0 aliphatic heterocycles. The predicted molar refractivity (Wildman–Crippen MR) is 102 cm³/mol. The predicted octanol–water partition coefficient (Wildman–Crippen LogP) is 4.95. The van der Waals surface area contributed by atoms with Gasteiger partial charge in [-0.1, -0.05) is 70.7 Å². The van der Waals surface area contributed by atoms with Crippen molar-refractivity contribution in [3.8, 4) is 0 Å². The van der Waals surface area contributed by atoms with E-state index in [9.17, 15) is 0 Å². The molecule has 4 heteroatoms. The first kappa shape index (κ1) is 18.9. The minimum absolute atomic E-state index is 0.712. The molecule has 0 bridgehead atoms. The van der Waals surface area contributed by atoms with Gasteiger partial charge >= 0.3 is 0 Å². The quantitative estimate of drug-likeness (QED) is 0.584. The van der Waals surface area contributed by atoms with Crippen molar-refractivity contribution in [1.82, 2.24) is 19.9 Å². The monoisotopic (exact) mass is 330 g/mol. The summed E-state index contributed by atoms with van der Waals surface area (Å²) in [5.74, 6) is 1.49. The molecule has 0 fully saturated rings. The molecule has 2 rings (SSSR count). The Labute approximate surface area is 147 Å². The summed E-state index contributed by atoms with van der Waals surface area (Å²) in [4.78, 5) is 2.58. The summed E-state index contributed by atoms with van der Waals surface area (Å²) in [6, 6.07) is 8.24. The molecule has 4 nitrogen and oxygen atoms in total. The number of benzene rings is 1. The van der Waals surface area contributed by atoms with E-state index in [4.69, 9.17) is 0 Å². The lowest BCUT2D eigenvalue weighted by molar-refractivity contribution is 0.147. The Morgan fingerprint density at radius 2 is 1.88 bits per heavy atom. The summed E-state index contributed by atoms with van der Waals surface area (Å²) in [5.41, 5.74) is 2.12. The average molecular weight is 331 g/mol. The van der Waals surface area contributed by atoms with Crippen LogP contribution < -0.4 is 0 Å². The van der Waals surface area contributed by atoms with Gasteiger partial charge in [-0.2, -0.15) is 0 Å². The third-order valence-electron chi connectivity index (χ3n) is 5.08. The van der Waals surface area contributed by atoms with Crippen molar-refractivity contribution in [2.75, 3.05) is 13.1 Å². The number of para-hydroxylation sites is 1. The summed E-state index contributed by atoms with van der Waals surface area (Å²) in [6.45, 7) is 12.4. The molecule has 2 atom stereocenters. The summed E-state index contributed by atoms with van der Waals surface area (Å²) < 4.78 is 2.06. The van der Waals surface area contributed by atoms with Crippen LogP contribution in [-0.2, 0) is 6.67 Å². The van der Waals surface area contributed by atoms with E-state index < -0.39 is 0 Å². The molecule has 0 spiro atoms. The number of aromatic nitrogens is 3. The fraction of sp³-hybridized carbons (Fsp3) is 0.700. The van der Waals surface area contributed by atoms with Crippen LogP contribution in [0.1, 0.15) is 59.8 Å². The van der Waals surface area contributed by atoms with Crippen molar-refractivity contribution in [3.63, 3.8) is 0 Å². The van der Waals surface area contributed by atoms with E-state index in [1.54, 1.807) is 0 Å². The van der Waals surface area contributed by atoms with Gasteiger partial charge in [-0.25, -0.2) is 4.68 Å². The molecule has 0 amide bonds. The Bertz CT molecular complexity index is 592. The lowest BCUT2D eigenvalue weighted by Gasteiger charge is -2.29. The molecule has 0 radical (unpaired) electrons. The van der Waals surface area contributed by atoms with Crippen molar-refractivity contribution in [1.29, 1.82) is 0 Å². The second-order valence-electron chi connectivity index (χ2n) is 7.19. The van der Waals surface area contributed by atoms with E-state index in [1.807, 2.05) is 12.1 Å². The number of hydrogen-bond donors (Lipinski definition) is 0. The normalized spacial score (nSPS) is 14.4. The molecule has 2 unspecified atom stereocenters. The van der Waals surface area contributed by atoms with Crippen LogP contribution in [0.25, 0.3) is 11.0 Å². The molecule has 0 saturated heterocycles. The van der Waals surface area contributed by atoms with Crippen LogP contribution in [0.15, 0.2) is 24.3 Å². The SMILES string of the molecule is CCCCC(CC)CN(CC(C)CC)Cn1nnc2ccccc21. The minimum atomic E-state index is 0.712. The lowest BCUT2D eigenvalue weighted by atomic mass is 9.98. The molecule has 1 aromatic heterocycles. The Hall–Kier alpha value is -1.42. The highest BCUT2D eigenvalue weighted by atomic mass is 15.5. The van der Waals surface area contributed by atoms with Gasteiger partial charge in [0.2, 0.25) is 0 Å². The molecule has 0 N–H and O–H groups in total. The third kappa shape index (κ3) is 5.30. The number of rotatable bonds is 11. The largest absolute Gasteiger partial charge is 0.284 e. The first-order valence-corrected chi connectivity index (χ1v) is 9.68. The third-order valence-corrected chi connectivity index (χ3v) is 5.08. The maximum absolute atomic E-state index is 4.39. The maximum Gasteiger partial charge on any atom is 0.113 e. The van der Waals surface area contributed by atoms with Gasteiger partial charge in [0.25, 0.3) is 0 Å². The molecule has 0 aliphatic carbocycles. The van der Waals surface area contributed by atoms with Crippen LogP contribution in [0.3, 0.4) is 0 Å². The molecule has 134 valence electrons. The van der Waals surface area contributed by atoms with Gasteiger partial charge in [-0.15, -0.1) is 5.10 Å². The van der Waals surface area contributed by atoms with E-state index in [-0.39, 0.29) is 0 Å². The van der Waals surface area contributed by atoms with Gasteiger partial charge in [0.1, 0.15) is 5.52 Å². The standard InChI is InChI=1S/C20H34N4/c1-5-8-11-18(7-3)15-23(14-17(4)6-2)16-24-20-13-10-9-12-19(20)21-22-24/h9-10,12-13,17-18H,5-8,11,14-16H2,1-4H3. The Morgan fingerprint density at radius 3 is 2.58 bits per heavy atom. The summed E-state index contributed by atoms with van der Waals surface area (Å²) in [6.07, 6.45) is 6.44. The summed E-state index contributed by atoms with van der Waals surface area (Å²) >= 11 is 0. The molecular weight excluding hydrogens is 296 g/mol. The molecule has 24 heavy (non-hydrogen) atoms. The molecule has 1 aromatic carbocycles. The van der Waals surface area contributed by atoms with E-state index in [0.29, 0.717) is 5.92 Å². The van der Waals surface area contributed by atoms with Crippen LogP contribution in [0.2, 0.25) is 0 Å². The van der Waals surface area contributed by atoms with Crippen LogP contribution in [0.5, 0.6) is 0 Å². The molecular formula is C20H34N4. The van der Waals surface area contributed by atoms with Crippen molar-refractivity contribution in [2.24, 2.45) is 11.8 Å². The van der Waals surface area contributed by atoms with Crippen molar-refractivity contribution >= 4 is 11.0 Å². The van der Waals surface area contributed by atoms with E-state index in [2.05, 4.69) is 59.7 Å². The lowest BCUT2D eigenvalue weighted by Crippen LogP contribution is -2.35. The Balaban J connectivity index is 2.10. The minimum Gasteiger partial charge on any atom is -0.284 e. The Morgan fingerprint density at radius 1 is 1.08 bits per heavy atom. The van der Waals surface area contributed by atoms with Crippen LogP contribution in [0.4, 0.5) is 0 Å². The second kappa shape index (κ2) is 9.77. The fourth-order valence-corrected chi connectivity index (χ4v) is 3.25. The van der Waals surface area contributed by atoms with E-state index in [0.717, 1.165) is 36.7 Å². The van der Waals surface area contributed by atoms with Gasteiger partial charge in [0.05, 0.1) is 12.2 Å². The van der Waals surface area contributed by atoms with Crippen LogP contribution in [0, 0.1) is 11.8 Å². The van der Waals surface area contributed by atoms with Crippen molar-refractivity contribution in [2.45, 2.75) is 66.5 Å². The van der Waals surface area contributed by atoms with E-state index in [1.165, 1.54) is 32.1 Å². The fourth-order valence-electron chi connectivity index (χ4n) is 3.25. The Kier molecular flexibility index (Phi) is 7.70. The zero-order chi connectivity index (χ0) is 17.4. The number of nitrogens with zero attached hydrogens (tertiary/aromatic N) is 4. The maximum atomic E-state index is 4.39. The summed E-state index contributed by atoms with van der Waals surface area (Å²) in [7, 11) is 0. The molecule has 1 heterocycles. The van der Waals surface area contributed by atoms with Gasteiger partial charge in [-0.05, 0) is 30.4 Å². The highest BCUT2D eigenvalue weighted by Crippen LogP contribution is 2.18. The molecule has 0 saturated carbocycles. The molecule has 0 aliphatic rings. The van der Waals surface area contributed by atoms with E-state index >= 15 is 0 Å². The van der Waals surface area contributed by atoms with Crippen molar-refractivity contribution < 1.29 is 0 Å². The number of unbranched alkanes of at least 4 members (excludes halogenated alkanes) is 1. The van der Waals surface area contributed by atoms with Crippen molar-refractivity contribution in [3.05, 3.63) is 24.3 Å². The number of fused-ring (bicyclic) bond motifs is 1. The second-order valence-corrected chi connectivity index (χ2v) is 7.19. The van der Waals surface area contributed by atoms with Gasteiger partial charge in [-0.3, -0.25) is 4.90 Å². The molecule has 2 aromatic rings. The van der Waals surface area contributed by atoms with Gasteiger partial charge in [0.15, 0.2) is 0 Å². The van der Waals surface area contributed by atoms with Crippen LogP contribution >= 0.6 is 0 Å². The zero-order valence-corrected chi connectivity index (χ0v) is 15.9. The smallest absolute Gasteiger partial charge is 0.113 e. The average Bonchev–Trinajstić information content (AvgIpc) is 3.01. The topological polar surface area (TPSA) is 34.0 Å². The van der Waals surface area contributed by atoms with Gasteiger partial charge in [0, 0.05) is 13.1 Å². The first-order chi connectivity index (χ1) is 11.7. The highest BCUT2D eigenvalue weighted by molar-refractivity contribution is 5.73. The number of hydrogen-bond acceptors (Lipinski definition) is 3. The first-order valence-electron chi connectivity index (χ1n) is 9.68. The zero-order valence-electron chi connectivity index (χ0n) is 15.9.